The molecule has 0 aliphatic heterocycles. The van der Waals surface area contributed by atoms with Crippen molar-refractivity contribution in [1.29, 1.82) is 0 Å². The number of carbonyl (C=O) groups is 1. The molecule has 0 aliphatic carbocycles. The van der Waals surface area contributed by atoms with Crippen LogP contribution >= 0.6 is 0 Å². The van der Waals surface area contributed by atoms with E-state index in [0.29, 0.717) is 6.04 Å². The van der Waals surface area contributed by atoms with Crippen LogP contribution in [0.5, 0.6) is 0 Å². The molecule has 136 valence electrons. The SMILES string of the molecule is CCCCC(NCC(C)N(C)C(=O)OC(C)(C)C)c1ccccc1. The van der Waals surface area contributed by atoms with E-state index in [1.807, 2.05) is 33.8 Å². The molecule has 0 fully saturated rings. The molecule has 2 atom stereocenters. The topological polar surface area (TPSA) is 41.6 Å². The van der Waals surface area contributed by atoms with E-state index in [4.69, 9.17) is 4.74 Å². The minimum atomic E-state index is -0.466. The van der Waals surface area contributed by atoms with Gasteiger partial charge in [0, 0.05) is 25.7 Å². The van der Waals surface area contributed by atoms with Gasteiger partial charge in [-0.15, -0.1) is 0 Å². The minimum absolute atomic E-state index is 0.0627. The lowest BCUT2D eigenvalue weighted by atomic mass is 10.0. The van der Waals surface area contributed by atoms with Crippen LogP contribution < -0.4 is 5.32 Å². The number of rotatable bonds is 8. The summed E-state index contributed by atoms with van der Waals surface area (Å²) in [6.45, 7) is 10.6. The normalized spacial score (nSPS) is 14.1. The van der Waals surface area contributed by atoms with E-state index < -0.39 is 5.60 Å². The van der Waals surface area contributed by atoms with Gasteiger partial charge in [-0.1, -0.05) is 50.1 Å². The number of carbonyl (C=O) groups excluding carboxylic acids is 1. The van der Waals surface area contributed by atoms with Crippen LogP contribution in [0.1, 0.15) is 65.5 Å². The van der Waals surface area contributed by atoms with Crippen molar-refractivity contribution in [1.82, 2.24) is 10.2 Å². The second kappa shape index (κ2) is 9.67. The largest absolute Gasteiger partial charge is 0.444 e. The third-order valence-corrected chi connectivity index (χ3v) is 4.05. The molecule has 0 saturated heterocycles. The lowest BCUT2D eigenvalue weighted by molar-refractivity contribution is 0.0234. The Hall–Kier alpha value is -1.55. The molecule has 1 aromatic carbocycles. The molecule has 4 heteroatoms. The molecular weight excluding hydrogens is 300 g/mol. The van der Waals surface area contributed by atoms with E-state index in [9.17, 15) is 4.79 Å². The van der Waals surface area contributed by atoms with Crippen molar-refractivity contribution in [3.8, 4) is 0 Å². The molecule has 24 heavy (non-hydrogen) atoms. The molecular formula is C20H34N2O2. The fourth-order valence-electron chi connectivity index (χ4n) is 2.44. The van der Waals surface area contributed by atoms with Crippen molar-refractivity contribution in [3.63, 3.8) is 0 Å². The van der Waals surface area contributed by atoms with E-state index in [-0.39, 0.29) is 12.1 Å². The first-order valence-corrected chi connectivity index (χ1v) is 8.98. The molecule has 1 amide bonds. The molecule has 4 nitrogen and oxygen atoms in total. The third kappa shape index (κ3) is 7.35. The molecule has 0 spiro atoms. The number of nitrogens with zero attached hydrogens (tertiary/aromatic N) is 1. The standard InChI is InChI=1S/C20H34N2O2/c1-7-8-14-18(17-12-10-9-11-13-17)21-15-16(2)22(6)19(23)24-20(3,4)5/h9-13,16,18,21H,7-8,14-15H2,1-6H3. The first kappa shape index (κ1) is 20.5. The quantitative estimate of drug-likeness (QED) is 0.745. The summed E-state index contributed by atoms with van der Waals surface area (Å²) < 4.78 is 5.44. The zero-order valence-electron chi connectivity index (χ0n) is 16.1. The van der Waals surface area contributed by atoms with Gasteiger partial charge in [0.15, 0.2) is 0 Å². The van der Waals surface area contributed by atoms with Gasteiger partial charge < -0.3 is 15.0 Å². The highest BCUT2D eigenvalue weighted by Crippen LogP contribution is 2.19. The van der Waals surface area contributed by atoms with E-state index in [1.165, 1.54) is 18.4 Å². The zero-order chi connectivity index (χ0) is 18.2. The van der Waals surface area contributed by atoms with Crippen LogP contribution in [0.2, 0.25) is 0 Å². The van der Waals surface area contributed by atoms with Crippen LogP contribution in [0.15, 0.2) is 30.3 Å². The van der Waals surface area contributed by atoms with Crippen LogP contribution in [0.4, 0.5) is 4.79 Å². The van der Waals surface area contributed by atoms with Crippen molar-refractivity contribution in [2.45, 2.75) is 71.6 Å². The Balaban J connectivity index is 2.60. The summed E-state index contributed by atoms with van der Waals surface area (Å²) in [7, 11) is 1.80. The van der Waals surface area contributed by atoms with Gasteiger partial charge in [-0.3, -0.25) is 0 Å². The first-order valence-electron chi connectivity index (χ1n) is 8.98. The maximum Gasteiger partial charge on any atom is 0.410 e. The molecule has 2 unspecified atom stereocenters. The predicted molar refractivity (Wildman–Crippen MR) is 100 cm³/mol. The number of hydrogen-bond acceptors (Lipinski definition) is 3. The van der Waals surface area contributed by atoms with Crippen molar-refractivity contribution >= 4 is 6.09 Å². The predicted octanol–water partition coefficient (Wildman–Crippen LogP) is 4.76. The van der Waals surface area contributed by atoms with Gasteiger partial charge in [0.1, 0.15) is 5.60 Å². The number of unbranched alkanes of at least 4 members (excludes halogenated alkanes) is 1. The fraction of sp³-hybridized carbons (Fsp3) is 0.650. The highest BCUT2D eigenvalue weighted by atomic mass is 16.6. The smallest absolute Gasteiger partial charge is 0.410 e. The Labute approximate surface area is 147 Å². The van der Waals surface area contributed by atoms with Crippen LogP contribution in [-0.4, -0.2) is 36.2 Å². The van der Waals surface area contributed by atoms with Gasteiger partial charge in [-0.25, -0.2) is 4.79 Å². The summed E-state index contributed by atoms with van der Waals surface area (Å²) in [6.07, 6.45) is 3.19. The van der Waals surface area contributed by atoms with Gasteiger partial charge in [0.25, 0.3) is 0 Å². The Morgan fingerprint density at radius 3 is 2.42 bits per heavy atom. The first-order chi connectivity index (χ1) is 11.2. The lowest BCUT2D eigenvalue weighted by Crippen LogP contribution is -2.44. The second-order valence-corrected chi connectivity index (χ2v) is 7.45. The van der Waals surface area contributed by atoms with Crippen LogP contribution in [-0.2, 0) is 4.74 Å². The highest BCUT2D eigenvalue weighted by molar-refractivity contribution is 5.68. The summed E-state index contributed by atoms with van der Waals surface area (Å²) in [6, 6.07) is 10.9. The number of nitrogens with one attached hydrogen (secondary N) is 1. The molecule has 0 heterocycles. The molecule has 1 rings (SSSR count). The minimum Gasteiger partial charge on any atom is -0.444 e. The molecule has 1 aromatic rings. The van der Waals surface area contributed by atoms with Crippen LogP contribution in [0.25, 0.3) is 0 Å². The van der Waals surface area contributed by atoms with Gasteiger partial charge in [-0.05, 0) is 39.7 Å². The van der Waals surface area contributed by atoms with E-state index in [1.54, 1.807) is 11.9 Å². The Morgan fingerprint density at radius 1 is 1.25 bits per heavy atom. The average Bonchev–Trinajstić information content (AvgIpc) is 2.53. The van der Waals surface area contributed by atoms with Gasteiger partial charge >= 0.3 is 6.09 Å². The molecule has 0 aliphatic rings. The summed E-state index contributed by atoms with van der Waals surface area (Å²) in [5.41, 5.74) is 0.838. The van der Waals surface area contributed by atoms with Crippen molar-refractivity contribution in [2.75, 3.05) is 13.6 Å². The maximum absolute atomic E-state index is 12.2. The molecule has 0 bridgehead atoms. The number of ether oxygens (including phenoxy) is 1. The lowest BCUT2D eigenvalue weighted by Gasteiger charge is -2.30. The maximum atomic E-state index is 12.2. The molecule has 1 N–H and O–H groups in total. The highest BCUT2D eigenvalue weighted by Gasteiger charge is 2.23. The summed E-state index contributed by atoms with van der Waals surface area (Å²) in [5.74, 6) is 0. The number of amides is 1. The van der Waals surface area contributed by atoms with Gasteiger partial charge in [0.05, 0.1) is 0 Å². The van der Waals surface area contributed by atoms with Crippen molar-refractivity contribution < 1.29 is 9.53 Å². The van der Waals surface area contributed by atoms with Crippen molar-refractivity contribution in [3.05, 3.63) is 35.9 Å². The average molecular weight is 335 g/mol. The third-order valence-electron chi connectivity index (χ3n) is 4.05. The Kier molecular flexibility index (Phi) is 8.26. The summed E-state index contributed by atoms with van der Waals surface area (Å²) in [5, 5.41) is 3.62. The van der Waals surface area contributed by atoms with E-state index >= 15 is 0 Å². The Bertz CT molecular complexity index is 482. The number of hydrogen-bond donors (Lipinski definition) is 1. The molecule has 0 radical (unpaired) electrons. The summed E-state index contributed by atoms with van der Waals surface area (Å²) >= 11 is 0. The number of likely N-dealkylation sites (N-methyl/N-ethyl adjacent to an activating group) is 1. The fourth-order valence-corrected chi connectivity index (χ4v) is 2.44. The van der Waals surface area contributed by atoms with Crippen LogP contribution in [0, 0.1) is 0 Å². The second-order valence-electron chi connectivity index (χ2n) is 7.45. The van der Waals surface area contributed by atoms with Crippen molar-refractivity contribution in [2.24, 2.45) is 0 Å². The monoisotopic (exact) mass is 334 g/mol. The van der Waals surface area contributed by atoms with E-state index in [2.05, 4.69) is 36.5 Å². The zero-order valence-corrected chi connectivity index (χ0v) is 16.1. The van der Waals surface area contributed by atoms with E-state index in [0.717, 1.165) is 13.0 Å². The number of benzene rings is 1. The Morgan fingerprint density at radius 2 is 1.88 bits per heavy atom. The van der Waals surface area contributed by atoms with Crippen LogP contribution in [0.3, 0.4) is 0 Å². The molecule has 0 saturated carbocycles. The van der Waals surface area contributed by atoms with Gasteiger partial charge in [-0.2, -0.15) is 0 Å². The molecule has 0 aromatic heterocycles. The van der Waals surface area contributed by atoms with Gasteiger partial charge in [0.2, 0.25) is 0 Å². The summed E-state index contributed by atoms with van der Waals surface area (Å²) in [4.78, 5) is 13.8.